The zero-order valence-corrected chi connectivity index (χ0v) is 9.24. The molecule has 1 atom stereocenters. The van der Waals surface area contributed by atoms with Gasteiger partial charge in [-0.1, -0.05) is 13.8 Å². The van der Waals surface area contributed by atoms with Gasteiger partial charge in [0.1, 0.15) is 5.78 Å². The maximum absolute atomic E-state index is 11.2. The minimum Gasteiger partial charge on any atom is -0.466 e. The van der Waals surface area contributed by atoms with Crippen LogP contribution in [0.3, 0.4) is 0 Å². The van der Waals surface area contributed by atoms with E-state index in [2.05, 4.69) is 4.74 Å². The van der Waals surface area contributed by atoms with E-state index in [1.54, 1.807) is 13.8 Å². The van der Waals surface area contributed by atoms with Crippen LogP contribution in [0.4, 0.5) is 0 Å². The highest BCUT2D eigenvalue weighted by Gasteiger charge is 2.25. The molecular weight excluding hydrogens is 200 g/mol. The van der Waals surface area contributed by atoms with E-state index in [0.29, 0.717) is 6.42 Å². The van der Waals surface area contributed by atoms with Crippen molar-refractivity contribution in [2.45, 2.75) is 39.2 Å². The number of ketones is 1. The normalized spacial score (nSPS) is 11.7. The summed E-state index contributed by atoms with van der Waals surface area (Å²) in [6.07, 6.45) is -0.755. The van der Waals surface area contributed by atoms with E-state index in [1.807, 2.05) is 0 Å². The third-order valence-electron chi connectivity index (χ3n) is 1.83. The van der Waals surface area contributed by atoms with Gasteiger partial charge in [0.15, 0.2) is 0 Å². The van der Waals surface area contributed by atoms with Gasteiger partial charge in [-0.2, -0.15) is 0 Å². The van der Waals surface area contributed by atoms with E-state index in [-0.39, 0.29) is 18.6 Å². The van der Waals surface area contributed by atoms with E-state index in [1.165, 1.54) is 7.11 Å². The summed E-state index contributed by atoms with van der Waals surface area (Å²) >= 11 is 0. The monoisotopic (exact) mass is 216 g/mol. The first-order valence-corrected chi connectivity index (χ1v) is 4.84. The average molecular weight is 216 g/mol. The summed E-state index contributed by atoms with van der Waals surface area (Å²) in [6.45, 7) is 3.29. The molecule has 0 aliphatic carbocycles. The molecule has 0 aliphatic heterocycles. The zero-order valence-electron chi connectivity index (χ0n) is 9.24. The number of ether oxygens (including phenoxy) is 2. The molecule has 0 bridgehead atoms. The quantitative estimate of drug-likeness (QED) is 0.615. The highest BCUT2D eigenvalue weighted by atomic mass is 16.6. The summed E-state index contributed by atoms with van der Waals surface area (Å²) in [5.74, 6) is -1.36. The van der Waals surface area contributed by atoms with Gasteiger partial charge < -0.3 is 9.47 Å². The van der Waals surface area contributed by atoms with Gasteiger partial charge in [0.25, 0.3) is 0 Å². The van der Waals surface area contributed by atoms with E-state index in [4.69, 9.17) is 4.74 Å². The predicted molar refractivity (Wildman–Crippen MR) is 52.1 cm³/mol. The van der Waals surface area contributed by atoms with Crippen LogP contribution < -0.4 is 0 Å². The minimum atomic E-state index is -1.10. The SMILES string of the molecule is CCC(=O)CC(OC(=O)CC)C(=O)OC. The van der Waals surface area contributed by atoms with Crippen LogP contribution in [0.1, 0.15) is 33.1 Å². The molecule has 0 aliphatic rings. The minimum absolute atomic E-state index is 0.116. The van der Waals surface area contributed by atoms with Crippen LogP contribution >= 0.6 is 0 Å². The summed E-state index contributed by atoms with van der Waals surface area (Å²) in [4.78, 5) is 33.2. The molecule has 0 saturated heterocycles. The summed E-state index contributed by atoms with van der Waals surface area (Å²) in [5, 5.41) is 0. The molecule has 0 aromatic rings. The molecule has 0 aromatic carbocycles. The summed E-state index contributed by atoms with van der Waals surface area (Å²) in [5.41, 5.74) is 0. The maximum Gasteiger partial charge on any atom is 0.347 e. The number of carbonyl (C=O) groups excluding carboxylic acids is 3. The van der Waals surface area contributed by atoms with E-state index >= 15 is 0 Å². The highest BCUT2D eigenvalue weighted by Crippen LogP contribution is 2.05. The molecule has 0 aromatic heterocycles. The lowest BCUT2D eigenvalue weighted by Crippen LogP contribution is -2.30. The maximum atomic E-state index is 11.2. The molecule has 0 heterocycles. The van der Waals surface area contributed by atoms with Crippen molar-refractivity contribution in [1.82, 2.24) is 0 Å². The van der Waals surface area contributed by atoms with Crippen molar-refractivity contribution in [2.24, 2.45) is 0 Å². The van der Waals surface area contributed by atoms with Crippen LogP contribution in [0, 0.1) is 0 Å². The van der Waals surface area contributed by atoms with Crippen molar-refractivity contribution < 1.29 is 23.9 Å². The summed E-state index contributed by atoms with van der Waals surface area (Å²) in [6, 6.07) is 0. The molecule has 0 amide bonds. The van der Waals surface area contributed by atoms with E-state index in [9.17, 15) is 14.4 Å². The van der Waals surface area contributed by atoms with Gasteiger partial charge in [-0.15, -0.1) is 0 Å². The van der Waals surface area contributed by atoms with Gasteiger partial charge in [0.05, 0.1) is 13.5 Å². The van der Waals surface area contributed by atoms with Gasteiger partial charge in [0.2, 0.25) is 6.10 Å². The molecule has 0 N–H and O–H groups in total. The van der Waals surface area contributed by atoms with Crippen LogP contribution in [0.15, 0.2) is 0 Å². The fourth-order valence-electron chi connectivity index (χ4n) is 0.898. The van der Waals surface area contributed by atoms with Crippen molar-refractivity contribution in [3.8, 4) is 0 Å². The fraction of sp³-hybridized carbons (Fsp3) is 0.700. The van der Waals surface area contributed by atoms with Crippen molar-refractivity contribution in [3.05, 3.63) is 0 Å². The second kappa shape index (κ2) is 6.98. The Morgan fingerprint density at radius 3 is 2.13 bits per heavy atom. The Kier molecular flexibility index (Phi) is 6.33. The van der Waals surface area contributed by atoms with E-state index in [0.717, 1.165) is 0 Å². The van der Waals surface area contributed by atoms with Crippen LogP contribution in [0.2, 0.25) is 0 Å². The molecule has 0 rings (SSSR count). The molecule has 0 radical (unpaired) electrons. The Morgan fingerprint density at radius 1 is 1.13 bits per heavy atom. The highest BCUT2D eigenvalue weighted by molar-refractivity contribution is 5.87. The second-order valence-corrected chi connectivity index (χ2v) is 2.95. The Hall–Kier alpha value is -1.39. The molecular formula is C10H16O5. The number of Topliss-reactive ketones (excluding diaryl/α,β-unsaturated/α-hetero) is 1. The lowest BCUT2D eigenvalue weighted by molar-refractivity contribution is -0.167. The van der Waals surface area contributed by atoms with Gasteiger partial charge in [-0.25, -0.2) is 4.79 Å². The third kappa shape index (κ3) is 5.15. The van der Waals surface area contributed by atoms with E-state index < -0.39 is 18.0 Å². The fourth-order valence-corrected chi connectivity index (χ4v) is 0.898. The Bertz CT molecular complexity index is 228. The number of carbonyl (C=O) groups is 3. The third-order valence-corrected chi connectivity index (χ3v) is 1.83. The molecule has 5 nitrogen and oxygen atoms in total. The lowest BCUT2D eigenvalue weighted by atomic mass is 10.1. The average Bonchev–Trinajstić information content (AvgIpc) is 2.26. The first-order valence-electron chi connectivity index (χ1n) is 4.84. The molecule has 0 fully saturated rings. The van der Waals surface area contributed by atoms with Crippen LogP contribution in [0.25, 0.3) is 0 Å². The number of esters is 2. The largest absolute Gasteiger partial charge is 0.466 e. The number of hydrogen-bond donors (Lipinski definition) is 0. The number of rotatable bonds is 6. The first kappa shape index (κ1) is 13.6. The second-order valence-electron chi connectivity index (χ2n) is 2.95. The van der Waals surface area contributed by atoms with Crippen LogP contribution in [-0.4, -0.2) is 30.9 Å². The molecule has 86 valence electrons. The molecule has 0 saturated carbocycles. The topological polar surface area (TPSA) is 69.7 Å². The predicted octanol–water partition coefficient (Wildman–Crippen LogP) is 0.850. The van der Waals surface area contributed by atoms with Crippen LogP contribution in [-0.2, 0) is 23.9 Å². The van der Waals surface area contributed by atoms with Gasteiger partial charge in [-0.05, 0) is 0 Å². The molecule has 15 heavy (non-hydrogen) atoms. The first-order chi connectivity index (χ1) is 7.04. The summed E-state index contributed by atoms with van der Waals surface area (Å²) in [7, 11) is 1.19. The van der Waals surface area contributed by atoms with Crippen molar-refractivity contribution in [1.29, 1.82) is 0 Å². The molecule has 5 heteroatoms. The number of methoxy groups -OCH3 is 1. The van der Waals surface area contributed by atoms with Crippen molar-refractivity contribution in [3.63, 3.8) is 0 Å². The Balaban J connectivity index is 4.37. The molecule has 0 spiro atoms. The zero-order chi connectivity index (χ0) is 11.8. The van der Waals surface area contributed by atoms with Gasteiger partial charge in [0, 0.05) is 12.8 Å². The number of hydrogen-bond acceptors (Lipinski definition) is 5. The molecule has 1 unspecified atom stereocenters. The smallest absolute Gasteiger partial charge is 0.347 e. The standard InChI is InChI=1S/C10H16O5/c1-4-7(11)6-8(10(13)14-3)15-9(12)5-2/h8H,4-6H2,1-3H3. The van der Waals surface area contributed by atoms with Gasteiger partial charge >= 0.3 is 11.9 Å². The summed E-state index contributed by atoms with van der Waals surface area (Å²) < 4.78 is 9.23. The van der Waals surface area contributed by atoms with Crippen molar-refractivity contribution >= 4 is 17.7 Å². The van der Waals surface area contributed by atoms with Gasteiger partial charge in [-0.3, -0.25) is 9.59 Å². The lowest BCUT2D eigenvalue weighted by Gasteiger charge is -2.13. The Labute approximate surface area is 88.7 Å². The Morgan fingerprint density at radius 2 is 1.73 bits per heavy atom. The van der Waals surface area contributed by atoms with Crippen molar-refractivity contribution in [2.75, 3.05) is 7.11 Å². The van der Waals surface area contributed by atoms with Crippen LogP contribution in [0.5, 0.6) is 0 Å².